The lowest BCUT2D eigenvalue weighted by Gasteiger charge is -2.16. The fraction of sp³-hybridized carbons (Fsp3) is 0.571. The Morgan fingerprint density at radius 2 is 1.94 bits per heavy atom. The van der Waals surface area contributed by atoms with E-state index in [1.54, 1.807) is 6.92 Å². The van der Waals surface area contributed by atoms with Crippen molar-refractivity contribution < 1.29 is 9.84 Å². The molecule has 16 heavy (non-hydrogen) atoms. The maximum atomic E-state index is 9.18. The summed E-state index contributed by atoms with van der Waals surface area (Å²) < 4.78 is 5.71. The van der Waals surface area contributed by atoms with Crippen molar-refractivity contribution in [2.75, 3.05) is 6.61 Å². The van der Waals surface area contributed by atoms with Crippen LogP contribution >= 0.6 is 0 Å². The molecule has 2 atom stereocenters. The van der Waals surface area contributed by atoms with E-state index in [2.05, 4.69) is 19.9 Å². The molecule has 0 saturated heterocycles. The van der Waals surface area contributed by atoms with Gasteiger partial charge < -0.3 is 9.84 Å². The Morgan fingerprint density at radius 3 is 2.56 bits per heavy atom. The molecule has 1 N–H and O–H groups in total. The van der Waals surface area contributed by atoms with E-state index in [0.717, 1.165) is 12.2 Å². The van der Waals surface area contributed by atoms with Crippen LogP contribution in [0.15, 0.2) is 24.3 Å². The van der Waals surface area contributed by atoms with Gasteiger partial charge in [-0.1, -0.05) is 32.0 Å². The van der Waals surface area contributed by atoms with Crippen LogP contribution in [0, 0.1) is 0 Å². The van der Waals surface area contributed by atoms with E-state index in [9.17, 15) is 5.11 Å². The smallest absolute Gasteiger partial charge is 0.122 e. The van der Waals surface area contributed by atoms with Gasteiger partial charge in [0.25, 0.3) is 0 Å². The molecule has 2 heteroatoms. The second-order valence-corrected chi connectivity index (χ2v) is 4.33. The first kappa shape index (κ1) is 13.0. The summed E-state index contributed by atoms with van der Waals surface area (Å²) in [4.78, 5) is 0. The zero-order chi connectivity index (χ0) is 12.0. The van der Waals surface area contributed by atoms with Crippen LogP contribution < -0.4 is 4.74 Å². The number of aliphatic hydroxyl groups excluding tert-OH is 1. The van der Waals surface area contributed by atoms with Crippen molar-refractivity contribution >= 4 is 0 Å². The predicted molar refractivity (Wildman–Crippen MR) is 66.9 cm³/mol. The summed E-state index contributed by atoms with van der Waals surface area (Å²) in [5, 5.41) is 9.18. The summed E-state index contributed by atoms with van der Waals surface area (Å²) in [6.07, 6.45) is 1.49. The van der Waals surface area contributed by atoms with Crippen LogP contribution in [-0.2, 0) is 0 Å². The summed E-state index contributed by atoms with van der Waals surface area (Å²) in [5.41, 5.74) is 1.26. The molecule has 0 aromatic heterocycles. The monoisotopic (exact) mass is 222 g/mol. The molecule has 0 heterocycles. The Hall–Kier alpha value is -1.02. The second kappa shape index (κ2) is 6.54. The largest absolute Gasteiger partial charge is 0.493 e. The van der Waals surface area contributed by atoms with Gasteiger partial charge in [-0.05, 0) is 30.9 Å². The van der Waals surface area contributed by atoms with Crippen molar-refractivity contribution in [3.8, 4) is 5.75 Å². The topological polar surface area (TPSA) is 29.5 Å². The number of rotatable bonds is 6. The Kier molecular flexibility index (Phi) is 5.33. The number of ether oxygens (including phenoxy) is 1. The highest BCUT2D eigenvalue weighted by Crippen LogP contribution is 2.28. The highest BCUT2D eigenvalue weighted by Gasteiger charge is 2.09. The highest BCUT2D eigenvalue weighted by atomic mass is 16.5. The Bertz CT molecular complexity index is 307. The molecule has 0 bridgehead atoms. The second-order valence-electron chi connectivity index (χ2n) is 4.33. The SMILES string of the molecule is CCC(C)c1ccccc1OCCC(C)O. The Balaban J connectivity index is 2.64. The summed E-state index contributed by atoms with van der Waals surface area (Å²) in [6.45, 7) is 6.74. The average molecular weight is 222 g/mol. The van der Waals surface area contributed by atoms with Crippen LogP contribution in [0.4, 0.5) is 0 Å². The molecule has 1 rings (SSSR count). The number of hydrogen-bond donors (Lipinski definition) is 1. The van der Waals surface area contributed by atoms with Gasteiger partial charge in [0.05, 0.1) is 12.7 Å². The molecule has 0 fully saturated rings. The van der Waals surface area contributed by atoms with Gasteiger partial charge in [0, 0.05) is 6.42 Å². The fourth-order valence-corrected chi connectivity index (χ4v) is 1.58. The molecule has 0 radical (unpaired) electrons. The van der Waals surface area contributed by atoms with Gasteiger partial charge in [0.2, 0.25) is 0 Å². The normalized spacial score (nSPS) is 14.5. The van der Waals surface area contributed by atoms with Crippen LogP contribution in [0.5, 0.6) is 5.75 Å². The average Bonchev–Trinajstić information content (AvgIpc) is 2.28. The molecule has 0 saturated carbocycles. The van der Waals surface area contributed by atoms with Crippen molar-refractivity contribution in [1.29, 1.82) is 0 Å². The number of para-hydroxylation sites is 1. The number of aliphatic hydroxyl groups is 1. The van der Waals surface area contributed by atoms with Crippen molar-refractivity contribution in [2.24, 2.45) is 0 Å². The Morgan fingerprint density at radius 1 is 1.25 bits per heavy atom. The molecule has 0 aliphatic heterocycles. The molecule has 0 spiro atoms. The summed E-state index contributed by atoms with van der Waals surface area (Å²) >= 11 is 0. The zero-order valence-electron chi connectivity index (χ0n) is 10.4. The van der Waals surface area contributed by atoms with E-state index in [-0.39, 0.29) is 6.10 Å². The molecule has 0 aliphatic rings. The lowest BCUT2D eigenvalue weighted by Crippen LogP contribution is -2.08. The minimum absolute atomic E-state index is 0.296. The summed E-state index contributed by atoms with van der Waals surface area (Å²) in [5.74, 6) is 1.47. The standard InChI is InChI=1S/C14H22O2/c1-4-11(2)13-7-5-6-8-14(13)16-10-9-12(3)15/h5-8,11-12,15H,4,9-10H2,1-3H3. The van der Waals surface area contributed by atoms with Crippen LogP contribution in [0.25, 0.3) is 0 Å². The highest BCUT2D eigenvalue weighted by molar-refractivity contribution is 5.35. The maximum Gasteiger partial charge on any atom is 0.122 e. The van der Waals surface area contributed by atoms with E-state index in [4.69, 9.17) is 4.74 Å². The van der Waals surface area contributed by atoms with E-state index >= 15 is 0 Å². The van der Waals surface area contributed by atoms with Gasteiger partial charge in [-0.3, -0.25) is 0 Å². The van der Waals surface area contributed by atoms with Crippen LogP contribution in [0.2, 0.25) is 0 Å². The van der Waals surface area contributed by atoms with Gasteiger partial charge in [0.1, 0.15) is 5.75 Å². The van der Waals surface area contributed by atoms with E-state index in [1.165, 1.54) is 5.56 Å². The van der Waals surface area contributed by atoms with E-state index in [0.29, 0.717) is 18.9 Å². The molecule has 2 unspecified atom stereocenters. The van der Waals surface area contributed by atoms with E-state index in [1.807, 2.05) is 18.2 Å². The lowest BCUT2D eigenvalue weighted by atomic mass is 9.98. The fourth-order valence-electron chi connectivity index (χ4n) is 1.58. The number of hydrogen-bond acceptors (Lipinski definition) is 2. The predicted octanol–water partition coefficient (Wildman–Crippen LogP) is 3.35. The maximum absolute atomic E-state index is 9.18. The third-order valence-electron chi connectivity index (χ3n) is 2.86. The molecular weight excluding hydrogens is 200 g/mol. The summed E-state index contributed by atoms with van der Waals surface area (Å²) in [6, 6.07) is 8.15. The zero-order valence-corrected chi connectivity index (χ0v) is 10.4. The lowest BCUT2D eigenvalue weighted by molar-refractivity contribution is 0.155. The van der Waals surface area contributed by atoms with Crippen molar-refractivity contribution in [2.45, 2.75) is 45.6 Å². The molecule has 1 aromatic carbocycles. The van der Waals surface area contributed by atoms with Crippen LogP contribution in [-0.4, -0.2) is 17.8 Å². The van der Waals surface area contributed by atoms with Gasteiger partial charge in [-0.2, -0.15) is 0 Å². The quantitative estimate of drug-likeness (QED) is 0.799. The van der Waals surface area contributed by atoms with Crippen molar-refractivity contribution in [3.63, 3.8) is 0 Å². The molecular formula is C14H22O2. The van der Waals surface area contributed by atoms with Gasteiger partial charge in [-0.25, -0.2) is 0 Å². The van der Waals surface area contributed by atoms with Crippen LogP contribution in [0.3, 0.4) is 0 Å². The molecule has 0 aliphatic carbocycles. The first-order valence-corrected chi connectivity index (χ1v) is 6.05. The van der Waals surface area contributed by atoms with Gasteiger partial charge in [0.15, 0.2) is 0 Å². The third kappa shape index (κ3) is 3.86. The minimum Gasteiger partial charge on any atom is -0.493 e. The molecule has 0 amide bonds. The molecule has 2 nitrogen and oxygen atoms in total. The molecule has 90 valence electrons. The van der Waals surface area contributed by atoms with Crippen molar-refractivity contribution in [1.82, 2.24) is 0 Å². The van der Waals surface area contributed by atoms with Crippen molar-refractivity contribution in [3.05, 3.63) is 29.8 Å². The van der Waals surface area contributed by atoms with Gasteiger partial charge in [-0.15, -0.1) is 0 Å². The first-order chi connectivity index (χ1) is 7.65. The van der Waals surface area contributed by atoms with E-state index < -0.39 is 0 Å². The number of benzene rings is 1. The van der Waals surface area contributed by atoms with Crippen LogP contribution in [0.1, 0.15) is 45.1 Å². The third-order valence-corrected chi connectivity index (χ3v) is 2.86. The molecule has 1 aromatic rings. The summed E-state index contributed by atoms with van der Waals surface area (Å²) in [7, 11) is 0. The minimum atomic E-state index is -0.296. The van der Waals surface area contributed by atoms with Gasteiger partial charge >= 0.3 is 0 Å². The first-order valence-electron chi connectivity index (χ1n) is 6.05. The Labute approximate surface area is 98.3 Å².